The van der Waals surface area contributed by atoms with Crippen molar-refractivity contribution in [3.63, 3.8) is 0 Å². The van der Waals surface area contributed by atoms with Crippen LogP contribution in [0.2, 0.25) is 0 Å². The molecule has 0 unspecified atom stereocenters. The molecular formula is C20H20F4N2. The molecule has 0 N–H and O–H groups in total. The van der Waals surface area contributed by atoms with Crippen molar-refractivity contribution < 1.29 is 17.6 Å². The van der Waals surface area contributed by atoms with E-state index in [1.165, 1.54) is 0 Å². The zero-order valence-corrected chi connectivity index (χ0v) is 14.9. The van der Waals surface area contributed by atoms with Crippen molar-refractivity contribution in [2.45, 2.75) is 32.9 Å². The van der Waals surface area contributed by atoms with E-state index in [1.54, 1.807) is 51.2 Å². The Hall–Kier alpha value is -2.50. The quantitative estimate of drug-likeness (QED) is 0.478. The van der Waals surface area contributed by atoms with Crippen molar-refractivity contribution in [3.05, 3.63) is 64.0 Å². The second-order valence-corrected chi connectivity index (χ2v) is 6.12. The van der Waals surface area contributed by atoms with E-state index in [0.717, 1.165) is 5.56 Å². The van der Waals surface area contributed by atoms with Crippen molar-refractivity contribution in [3.8, 4) is 0 Å². The molecule has 0 aliphatic rings. The van der Waals surface area contributed by atoms with Gasteiger partial charge in [0.05, 0.1) is 11.4 Å². The van der Waals surface area contributed by atoms with Crippen LogP contribution in [0.4, 0.5) is 23.2 Å². The highest BCUT2D eigenvalue weighted by Gasteiger charge is 2.26. The van der Waals surface area contributed by atoms with Gasteiger partial charge in [0.15, 0.2) is 0 Å². The Balaban J connectivity index is 2.44. The van der Waals surface area contributed by atoms with Crippen molar-refractivity contribution in [1.29, 1.82) is 0 Å². The fourth-order valence-electron chi connectivity index (χ4n) is 2.84. The maximum atomic E-state index is 13.9. The number of aryl methyl sites for hydroxylation is 3. The van der Waals surface area contributed by atoms with Crippen molar-refractivity contribution in [2.24, 2.45) is 9.98 Å². The van der Waals surface area contributed by atoms with Crippen LogP contribution in [0.25, 0.3) is 0 Å². The van der Waals surface area contributed by atoms with Crippen LogP contribution in [0.3, 0.4) is 0 Å². The molecule has 2 aromatic rings. The number of hydrogen-bond donors (Lipinski definition) is 0. The highest BCUT2D eigenvalue weighted by Crippen LogP contribution is 2.28. The second-order valence-electron chi connectivity index (χ2n) is 6.12. The SMILES string of the molecule is C=Nc1cc(CCC(F)(F)F)ccc1/C(=N\C)c1cc(C)c(F)c(C)c1. The summed E-state index contributed by atoms with van der Waals surface area (Å²) in [5, 5.41) is 0. The van der Waals surface area contributed by atoms with Gasteiger partial charge >= 0.3 is 6.18 Å². The topological polar surface area (TPSA) is 24.7 Å². The summed E-state index contributed by atoms with van der Waals surface area (Å²) >= 11 is 0. The van der Waals surface area contributed by atoms with E-state index in [0.29, 0.717) is 33.7 Å². The summed E-state index contributed by atoms with van der Waals surface area (Å²) < 4.78 is 51.2. The van der Waals surface area contributed by atoms with Gasteiger partial charge in [-0.05, 0) is 61.9 Å². The maximum absolute atomic E-state index is 13.9. The first-order chi connectivity index (χ1) is 12.2. The normalized spacial score (nSPS) is 12.3. The molecule has 0 fully saturated rings. The van der Waals surface area contributed by atoms with Gasteiger partial charge in [-0.15, -0.1) is 0 Å². The first kappa shape index (κ1) is 19.8. The van der Waals surface area contributed by atoms with Crippen LogP contribution in [0, 0.1) is 19.7 Å². The fourth-order valence-corrected chi connectivity index (χ4v) is 2.84. The van der Waals surface area contributed by atoms with E-state index in [1.807, 2.05) is 0 Å². The summed E-state index contributed by atoms with van der Waals surface area (Å²) in [5.41, 5.74) is 3.91. The third kappa shape index (κ3) is 4.56. The molecule has 0 aliphatic carbocycles. The standard InChI is InChI=1S/C20H20F4N2/c1-12-9-15(10-13(2)18(12)21)19(26-4)16-6-5-14(11-17(16)25-3)7-8-20(22,23)24/h5-6,9-11H,3,7-8H2,1-2,4H3/b26-19-. The van der Waals surface area contributed by atoms with Crippen LogP contribution in [0.15, 0.2) is 40.3 Å². The highest BCUT2D eigenvalue weighted by molar-refractivity contribution is 6.15. The number of aliphatic imine (C=N–C) groups is 2. The van der Waals surface area contributed by atoms with E-state index in [-0.39, 0.29) is 12.2 Å². The molecule has 2 rings (SSSR count). The van der Waals surface area contributed by atoms with E-state index in [2.05, 4.69) is 16.7 Å². The first-order valence-corrected chi connectivity index (χ1v) is 8.07. The molecule has 0 saturated carbocycles. The average Bonchev–Trinajstić information content (AvgIpc) is 2.58. The van der Waals surface area contributed by atoms with Crippen molar-refractivity contribution in [1.82, 2.24) is 0 Å². The molecule has 0 aromatic heterocycles. The van der Waals surface area contributed by atoms with Crippen LogP contribution >= 0.6 is 0 Å². The van der Waals surface area contributed by atoms with E-state index >= 15 is 0 Å². The van der Waals surface area contributed by atoms with E-state index in [4.69, 9.17) is 0 Å². The number of benzene rings is 2. The molecule has 2 aromatic carbocycles. The lowest BCUT2D eigenvalue weighted by molar-refractivity contribution is -0.133. The van der Waals surface area contributed by atoms with Crippen molar-refractivity contribution in [2.75, 3.05) is 7.05 Å². The monoisotopic (exact) mass is 364 g/mol. The summed E-state index contributed by atoms with van der Waals surface area (Å²) in [6, 6.07) is 8.28. The number of nitrogens with zero attached hydrogens (tertiary/aromatic N) is 2. The predicted octanol–water partition coefficient (Wildman–Crippen LogP) is 5.74. The van der Waals surface area contributed by atoms with Crippen LogP contribution in [-0.4, -0.2) is 25.7 Å². The molecule has 2 nitrogen and oxygen atoms in total. The number of rotatable bonds is 5. The molecule has 0 atom stereocenters. The summed E-state index contributed by atoms with van der Waals surface area (Å²) in [7, 11) is 1.60. The number of alkyl halides is 3. The van der Waals surface area contributed by atoms with Gasteiger partial charge in [-0.2, -0.15) is 13.2 Å². The van der Waals surface area contributed by atoms with E-state index < -0.39 is 12.6 Å². The smallest absolute Gasteiger partial charge is 0.287 e. The summed E-state index contributed by atoms with van der Waals surface area (Å²) in [6.45, 7) is 6.86. The van der Waals surface area contributed by atoms with Gasteiger partial charge in [0.1, 0.15) is 5.82 Å². The van der Waals surface area contributed by atoms with Gasteiger partial charge in [-0.1, -0.05) is 12.1 Å². The minimum atomic E-state index is -4.21. The maximum Gasteiger partial charge on any atom is 0.389 e. The summed E-state index contributed by atoms with van der Waals surface area (Å²) in [6.07, 6.45) is -5.23. The molecule has 0 aliphatic heterocycles. The van der Waals surface area contributed by atoms with Crippen LogP contribution in [-0.2, 0) is 6.42 Å². The Labute approximate surface area is 150 Å². The van der Waals surface area contributed by atoms with Crippen LogP contribution < -0.4 is 0 Å². The largest absolute Gasteiger partial charge is 0.389 e. The minimum Gasteiger partial charge on any atom is -0.287 e. The Morgan fingerprint density at radius 2 is 1.69 bits per heavy atom. The van der Waals surface area contributed by atoms with E-state index in [9.17, 15) is 17.6 Å². The average molecular weight is 364 g/mol. The minimum absolute atomic E-state index is 0.125. The molecule has 138 valence electrons. The Morgan fingerprint density at radius 3 is 2.19 bits per heavy atom. The predicted molar refractivity (Wildman–Crippen MR) is 97.5 cm³/mol. The molecule has 0 spiro atoms. The van der Waals surface area contributed by atoms with Crippen LogP contribution in [0.5, 0.6) is 0 Å². The third-order valence-electron chi connectivity index (χ3n) is 4.12. The highest BCUT2D eigenvalue weighted by atomic mass is 19.4. The molecule has 0 radical (unpaired) electrons. The Bertz CT molecular complexity index is 828. The lowest BCUT2D eigenvalue weighted by Crippen LogP contribution is -2.09. The molecular weight excluding hydrogens is 344 g/mol. The van der Waals surface area contributed by atoms with Crippen molar-refractivity contribution >= 4 is 18.1 Å². The number of hydrogen-bond acceptors (Lipinski definition) is 2. The van der Waals surface area contributed by atoms with Gasteiger partial charge in [0.25, 0.3) is 0 Å². The zero-order valence-electron chi connectivity index (χ0n) is 14.9. The molecule has 0 bridgehead atoms. The molecule has 0 heterocycles. The molecule has 26 heavy (non-hydrogen) atoms. The zero-order chi connectivity index (χ0) is 19.5. The lowest BCUT2D eigenvalue weighted by Gasteiger charge is -2.13. The summed E-state index contributed by atoms with van der Waals surface area (Å²) in [5.74, 6) is -0.270. The summed E-state index contributed by atoms with van der Waals surface area (Å²) in [4.78, 5) is 8.24. The van der Waals surface area contributed by atoms with Crippen LogP contribution in [0.1, 0.15) is 34.2 Å². The Morgan fingerprint density at radius 1 is 1.08 bits per heavy atom. The second kappa shape index (κ2) is 7.81. The van der Waals surface area contributed by atoms with Gasteiger partial charge in [-0.25, -0.2) is 4.39 Å². The molecule has 0 saturated heterocycles. The molecule has 0 amide bonds. The third-order valence-corrected chi connectivity index (χ3v) is 4.12. The molecule has 6 heteroatoms. The van der Waals surface area contributed by atoms with Gasteiger partial charge < -0.3 is 0 Å². The number of halogens is 4. The van der Waals surface area contributed by atoms with Gasteiger partial charge in [-0.3, -0.25) is 9.98 Å². The first-order valence-electron chi connectivity index (χ1n) is 8.07. The van der Waals surface area contributed by atoms with Gasteiger partial charge in [0, 0.05) is 24.6 Å². The van der Waals surface area contributed by atoms with Gasteiger partial charge in [0.2, 0.25) is 0 Å². The Kier molecular flexibility index (Phi) is 5.95. The fraction of sp³-hybridized carbons (Fsp3) is 0.300. The lowest BCUT2D eigenvalue weighted by atomic mass is 9.95.